The number of ether oxygens (including phenoxy) is 1. The van der Waals surface area contributed by atoms with Gasteiger partial charge in [0.05, 0.1) is 10.2 Å². The van der Waals surface area contributed by atoms with Crippen LogP contribution in [-0.2, 0) is 0 Å². The van der Waals surface area contributed by atoms with Gasteiger partial charge in [0.1, 0.15) is 17.3 Å². The van der Waals surface area contributed by atoms with Gasteiger partial charge in [0, 0.05) is 4.47 Å². The molecule has 0 saturated carbocycles. The topological polar surface area (TPSA) is 35.2 Å². The Morgan fingerprint density at radius 2 is 1.82 bits per heavy atom. The van der Waals surface area contributed by atoms with E-state index in [1.807, 2.05) is 6.07 Å². The zero-order chi connectivity index (χ0) is 12.4. The quantitative estimate of drug-likeness (QED) is 0.786. The Hall–Kier alpha value is -1.07. The van der Waals surface area contributed by atoms with Crippen molar-refractivity contribution in [2.45, 2.75) is 0 Å². The molecule has 0 spiro atoms. The molecule has 0 heterocycles. The van der Waals surface area contributed by atoms with Crippen molar-refractivity contribution in [3.05, 3.63) is 51.2 Å². The molecule has 2 aromatic rings. The van der Waals surface area contributed by atoms with Crippen molar-refractivity contribution in [3.8, 4) is 11.5 Å². The summed E-state index contributed by atoms with van der Waals surface area (Å²) in [5, 5.41) is 0. The summed E-state index contributed by atoms with van der Waals surface area (Å²) in [5.74, 6) is 0.722. The molecule has 2 rings (SSSR count). The van der Waals surface area contributed by atoms with E-state index in [2.05, 4.69) is 31.9 Å². The van der Waals surface area contributed by atoms with E-state index in [0.29, 0.717) is 21.7 Å². The van der Waals surface area contributed by atoms with Crippen LogP contribution < -0.4 is 10.5 Å². The molecule has 0 radical (unpaired) electrons. The van der Waals surface area contributed by atoms with Crippen molar-refractivity contribution in [1.29, 1.82) is 0 Å². The highest BCUT2D eigenvalue weighted by Gasteiger charge is 2.05. The predicted octanol–water partition coefficient (Wildman–Crippen LogP) is 4.73. The fourth-order valence-electron chi connectivity index (χ4n) is 1.28. The number of nitrogens with two attached hydrogens (primary N) is 1. The van der Waals surface area contributed by atoms with E-state index >= 15 is 0 Å². The van der Waals surface area contributed by atoms with Crippen LogP contribution in [0.4, 0.5) is 10.1 Å². The zero-order valence-corrected chi connectivity index (χ0v) is 11.8. The van der Waals surface area contributed by atoms with E-state index in [4.69, 9.17) is 10.5 Å². The minimum absolute atomic E-state index is 0.332. The van der Waals surface area contributed by atoms with Gasteiger partial charge in [-0.1, -0.05) is 15.9 Å². The molecular weight excluding hydrogens is 353 g/mol. The number of hydrogen-bond donors (Lipinski definition) is 1. The van der Waals surface area contributed by atoms with Gasteiger partial charge in [-0.05, 0) is 52.3 Å². The summed E-state index contributed by atoms with van der Waals surface area (Å²) in [7, 11) is 0. The summed E-state index contributed by atoms with van der Waals surface area (Å²) in [6.45, 7) is 0. The molecule has 88 valence electrons. The monoisotopic (exact) mass is 359 g/mol. The van der Waals surface area contributed by atoms with Crippen LogP contribution in [0.25, 0.3) is 0 Å². The Balaban J connectivity index is 2.28. The third kappa shape index (κ3) is 2.98. The van der Waals surface area contributed by atoms with E-state index in [0.717, 1.165) is 4.47 Å². The van der Waals surface area contributed by atoms with Crippen LogP contribution in [0.5, 0.6) is 11.5 Å². The molecule has 0 aromatic heterocycles. The van der Waals surface area contributed by atoms with Crippen LogP contribution in [-0.4, -0.2) is 0 Å². The third-order valence-corrected chi connectivity index (χ3v) is 3.19. The molecule has 0 saturated heterocycles. The van der Waals surface area contributed by atoms with Crippen LogP contribution in [0.2, 0.25) is 0 Å². The number of benzene rings is 2. The number of nitrogen functional groups attached to an aromatic ring is 1. The van der Waals surface area contributed by atoms with Gasteiger partial charge < -0.3 is 10.5 Å². The Morgan fingerprint density at radius 3 is 2.47 bits per heavy atom. The number of halogens is 3. The van der Waals surface area contributed by atoms with Gasteiger partial charge in [-0.3, -0.25) is 0 Å². The molecule has 5 heteroatoms. The summed E-state index contributed by atoms with van der Waals surface area (Å²) in [4.78, 5) is 0. The molecule has 2 N–H and O–H groups in total. The van der Waals surface area contributed by atoms with Crippen LogP contribution in [0.3, 0.4) is 0 Å². The number of hydrogen-bond acceptors (Lipinski definition) is 2. The SMILES string of the molecule is Nc1cc(Br)ccc1Oc1ccc(F)c(Br)c1. The van der Waals surface area contributed by atoms with E-state index in [-0.39, 0.29) is 5.82 Å². The van der Waals surface area contributed by atoms with Crippen molar-refractivity contribution in [2.75, 3.05) is 5.73 Å². The maximum atomic E-state index is 13.0. The molecule has 17 heavy (non-hydrogen) atoms. The minimum Gasteiger partial charge on any atom is -0.455 e. The van der Waals surface area contributed by atoms with E-state index in [1.54, 1.807) is 24.3 Å². The van der Waals surface area contributed by atoms with Crippen molar-refractivity contribution in [2.24, 2.45) is 0 Å². The smallest absolute Gasteiger partial charge is 0.150 e. The molecule has 0 aliphatic heterocycles. The molecule has 0 fully saturated rings. The fraction of sp³-hybridized carbons (Fsp3) is 0. The van der Waals surface area contributed by atoms with E-state index < -0.39 is 0 Å². The van der Waals surface area contributed by atoms with Crippen LogP contribution in [0, 0.1) is 5.82 Å². The summed E-state index contributed by atoms with van der Waals surface area (Å²) in [6, 6.07) is 9.74. The molecule has 0 aliphatic rings. The number of rotatable bonds is 2. The Kier molecular flexibility index (Phi) is 3.69. The van der Waals surface area contributed by atoms with Gasteiger partial charge in [-0.25, -0.2) is 4.39 Å². The summed E-state index contributed by atoms with van der Waals surface area (Å²) in [6.07, 6.45) is 0. The normalized spacial score (nSPS) is 10.3. The first-order valence-corrected chi connectivity index (χ1v) is 6.33. The molecule has 0 unspecified atom stereocenters. The molecule has 2 nitrogen and oxygen atoms in total. The Labute approximate surface area is 115 Å². The highest BCUT2D eigenvalue weighted by atomic mass is 79.9. The molecule has 0 amide bonds. The van der Waals surface area contributed by atoms with Gasteiger partial charge >= 0.3 is 0 Å². The lowest BCUT2D eigenvalue weighted by Crippen LogP contribution is -1.92. The van der Waals surface area contributed by atoms with Crippen molar-refractivity contribution < 1.29 is 9.13 Å². The van der Waals surface area contributed by atoms with Crippen molar-refractivity contribution in [1.82, 2.24) is 0 Å². The second kappa shape index (κ2) is 5.06. The highest BCUT2D eigenvalue weighted by molar-refractivity contribution is 9.10. The lowest BCUT2D eigenvalue weighted by atomic mass is 10.3. The first-order chi connectivity index (χ1) is 8.06. The first kappa shape index (κ1) is 12.4. The van der Waals surface area contributed by atoms with Gasteiger partial charge in [0.15, 0.2) is 0 Å². The van der Waals surface area contributed by atoms with Crippen LogP contribution in [0.15, 0.2) is 45.3 Å². The lowest BCUT2D eigenvalue weighted by Gasteiger charge is -2.09. The predicted molar refractivity (Wildman–Crippen MR) is 72.7 cm³/mol. The van der Waals surface area contributed by atoms with E-state index in [1.165, 1.54) is 6.07 Å². The standard InChI is InChI=1S/C12H8Br2FNO/c13-7-1-4-12(11(16)5-7)17-8-2-3-10(15)9(14)6-8/h1-6H,16H2. The Bertz CT molecular complexity index is 560. The van der Waals surface area contributed by atoms with Crippen molar-refractivity contribution in [3.63, 3.8) is 0 Å². The van der Waals surface area contributed by atoms with Gasteiger partial charge in [-0.15, -0.1) is 0 Å². The van der Waals surface area contributed by atoms with E-state index in [9.17, 15) is 4.39 Å². The second-order valence-electron chi connectivity index (χ2n) is 3.36. The minimum atomic E-state index is -0.332. The fourth-order valence-corrected chi connectivity index (χ4v) is 2.02. The second-order valence-corrected chi connectivity index (χ2v) is 5.13. The average molecular weight is 361 g/mol. The molecule has 2 aromatic carbocycles. The molecule has 0 atom stereocenters. The highest BCUT2D eigenvalue weighted by Crippen LogP contribution is 2.31. The maximum absolute atomic E-state index is 13.0. The third-order valence-electron chi connectivity index (χ3n) is 2.09. The molecular formula is C12H8Br2FNO. The maximum Gasteiger partial charge on any atom is 0.150 e. The molecule has 0 aliphatic carbocycles. The summed E-state index contributed by atoms with van der Waals surface area (Å²) >= 11 is 6.41. The van der Waals surface area contributed by atoms with Gasteiger partial charge in [-0.2, -0.15) is 0 Å². The first-order valence-electron chi connectivity index (χ1n) is 4.74. The van der Waals surface area contributed by atoms with Gasteiger partial charge in [0.25, 0.3) is 0 Å². The summed E-state index contributed by atoms with van der Waals surface area (Å²) < 4.78 is 19.8. The number of anilines is 1. The summed E-state index contributed by atoms with van der Waals surface area (Å²) in [5.41, 5.74) is 6.31. The lowest BCUT2D eigenvalue weighted by molar-refractivity contribution is 0.482. The Morgan fingerprint density at radius 1 is 1.06 bits per heavy atom. The molecule has 0 bridgehead atoms. The average Bonchev–Trinajstić information content (AvgIpc) is 2.27. The largest absolute Gasteiger partial charge is 0.455 e. The van der Waals surface area contributed by atoms with Gasteiger partial charge in [0.2, 0.25) is 0 Å². The van der Waals surface area contributed by atoms with Crippen molar-refractivity contribution >= 4 is 37.5 Å². The van der Waals surface area contributed by atoms with Crippen LogP contribution >= 0.6 is 31.9 Å². The zero-order valence-electron chi connectivity index (χ0n) is 8.58. The van der Waals surface area contributed by atoms with Crippen LogP contribution in [0.1, 0.15) is 0 Å².